The Bertz CT molecular complexity index is 250. The number of thioether (sulfide) groups is 2. The molecule has 1 heterocycles. The Kier molecular flexibility index (Phi) is 6.78. The van der Waals surface area contributed by atoms with Gasteiger partial charge in [-0.1, -0.05) is 25.6 Å². The Labute approximate surface area is 115 Å². The van der Waals surface area contributed by atoms with Crippen molar-refractivity contribution < 1.29 is 0 Å². The average molecular weight is 274 g/mol. The minimum atomic E-state index is 0.457. The van der Waals surface area contributed by atoms with E-state index >= 15 is 0 Å². The predicted molar refractivity (Wildman–Crippen MR) is 83.4 cm³/mol. The third kappa shape index (κ3) is 4.74. The lowest BCUT2D eigenvalue weighted by Crippen LogP contribution is -2.38. The van der Waals surface area contributed by atoms with Gasteiger partial charge in [0, 0.05) is 18.3 Å². The maximum atomic E-state index is 4.73. The molecule has 1 rings (SSSR count). The summed E-state index contributed by atoms with van der Waals surface area (Å²) in [6, 6.07) is 0.546. The molecule has 1 atom stereocenters. The Morgan fingerprint density at radius 3 is 2.65 bits per heavy atom. The molecule has 2 nitrogen and oxygen atoms in total. The van der Waals surface area contributed by atoms with Crippen LogP contribution < -0.4 is 5.32 Å². The van der Waals surface area contributed by atoms with E-state index in [0.29, 0.717) is 11.5 Å². The van der Waals surface area contributed by atoms with E-state index in [1.54, 1.807) is 0 Å². The first kappa shape index (κ1) is 15.2. The lowest BCUT2D eigenvalue weighted by Gasteiger charge is -2.34. The van der Waals surface area contributed by atoms with Gasteiger partial charge in [0.2, 0.25) is 0 Å². The number of nitrogens with one attached hydrogen (secondary N) is 1. The van der Waals surface area contributed by atoms with Crippen LogP contribution in [0.5, 0.6) is 0 Å². The number of hydrogen-bond donors (Lipinski definition) is 1. The number of hydrogen-bond acceptors (Lipinski definition) is 4. The molecule has 0 aromatic heterocycles. The molecule has 0 aliphatic carbocycles. The van der Waals surface area contributed by atoms with E-state index in [9.17, 15) is 0 Å². The van der Waals surface area contributed by atoms with Gasteiger partial charge in [-0.3, -0.25) is 4.99 Å². The summed E-state index contributed by atoms with van der Waals surface area (Å²) in [4.78, 5) is 4.73. The first-order valence-corrected chi connectivity index (χ1v) is 8.96. The highest BCUT2D eigenvalue weighted by Gasteiger charge is 2.30. The molecule has 17 heavy (non-hydrogen) atoms. The van der Waals surface area contributed by atoms with E-state index in [1.807, 2.05) is 23.5 Å². The molecule has 4 heteroatoms. The molecule has 0 aromatic carbocycles. The molecule has 1 aliphatic rings. The summed E-state index contributed by atoms with van der Waals surface area (Å²) in [7, 11) is 0. The van der Waals surface area contributed by atoms with Crippen LogP contribution in [0.3, 0.4) is 0 Å². The van der Waals surface area contributed by atoms with Crippen LogP contribution in [-0.4, -0.2) is 35.5 Å². The molecule has 0 saturated carbocycles. The molecule has 0 bridgehead atoms. The third-order valence-corrected chi connectivity index (χ3v) is 5.62. The number of amidine groups is 1. The lowest BCUT2D eigenvalue weighted by atomic mass is 9.84. The van der Waals surface area contributed by atoms with Gasteiger partial charge in [-0.2, -0.15) is 11.8 Å². The molecule has 0 amide bonds. The van der Waals surface area contributed by atoms with Gasteiger partial charge < -0.3 is 5.32 Å². The zero-order valence-corrected chi connectivity index (χ0v) is 13.2. The molecular weight excluding hydrogens is 248 g/mol. The van der Waals surface area contributed by atoms with Crippen LogP contribution in [0, 0.1) is 5.41 Å². The highest BCUT2D eigenvalue weighted by atomic mass is 32.2. The molecule has 100 valence electrons. The van der Waals surface area contributed by atoms with Gasteiger partial charge in [-0.15, -0.1) is 0 Å². The Balaban J connectivity index is 2.40. The van der Waals surface area contributed by atoms with Crippen molar-refractivity contribution in [2.45, 2.75) is 46.1 Å². The van der Waals surface area contributed by atoms with Crippen LogP contribution in [0.1, 0.15) is 40.0 Å². The minimum Gasteiger partial charge on any atom is -0.362 e. The van der Waals surface area contributed by atoms with Crippen LogP contribution in [0.25, 0.3) is 0 Å². The first-order valence-electron chi connectivity index (χ1n) is 6.58. The van der Waals surface area contributed by atoms with E-state index in [2.05, 4.69) is 32.3 Å². The maximum absolute atomic E-state index is 4.73. The monoisotopic (exact) mass is 274 g/mol. The van der Waals surface area contributed by atoms with Crippen LogP contribution in [0.4, 0.5) is 0 Å². The van der Waals surface area contributed by atoms with Crippen LogP contribution in [0.2, 0.25) is 0 Å². The van der Waals surface area contributed by atoms with Gasteiger partial charge in [0.25, 0.3) is 0 Å². The van der Waals surface area contributed by atoms with Crippen molar-refractivity contribution in [1.29, 1.82) is 0 Å². The highest BCUT2D eigenvalue weighted by molar-refractivity contribution is 8.13. The van der Waals surface area contributed by atoms with Crippen molar-refractivity contribution >= 4 is 28.7 Å². The summed E-state index contributed by atoms with van der Waals surface area (Å²) in [5, 5.41) is 4.70. The second-order valence-electron chi connectivity index (χ2n) is 4.94. The lowest BCUT2D eigenvalue weighted by molar-refractivity contribution is 0.318. The van der Waals surface area contributed by atoms with Gasteiger partial charge in [-0.05, 0) is 43.6 Å². The summed E-state index contributed by atoms with van der Waals surface area (Å²) >= 11 is 3.83. The molecule has 1 aliphatic heterocycles. The van der Waals surface area contributed by atoms with Crippen molar-refractivity contribution in [3.63, 3.8) is 0 Å². The molecule has 0 saturated heterocycles. The summed E-state index contributed by atoms with van der Waals surface area (Å²) in [6.45, 7) is 7.84. The first-order chi connectivity index (χ1) is 8.15. The van der Waals surface area contributed by atoms with Gasteiger partial charge in [0.05, 0.1) is 0 Å². The summed E-state index contributed by atoms with van der Waals surface area (Å²) in [5.41, 5.74) is 0.457. The zero-order chi connectivity index (χ0) is 12.7. The number of aliphatic imine (C=N–C) groups is 1. The van der Waals surface area contributed by atoms with Crippen molar-refractivity contribution in [3.05, 3.63) is 0 Å². The van der Waals surface area contributed by atoms with Gasteiger partial charge in [0.15, 0.2) is 5.17 Å². The fourth-order valence-electron chi connectivity index (χ4n) is 1.89. The van der Waals surface area contributed by atoms with Crippen molar-refractivity contribution in [3.8, 4) is 0 Å². The van der Waals surface area contributed by atoms with Gasteiger partial charge >= 0.3 is 0 Å². The van der Waals surface area contributed by atoms with E-state index in [1.165, 1.54) is 30.8 Å². The Hall–Kier alpha value is 0.170. The summed E-state index contributed by atoms with van der Waals surface area (Å²) in [6.07, 6.45) is 5.87. The minimum absolute atomic E-state index is 0.457. The number of rotatable bonds is 6. The van der Waals surface area contributed by atoms with Gasteiger partial charge in [-0.25, -0.2) is 0 Å². The summed E-state index contributed by atoms with van der Waals surface area (Å²) in [5.74, 6) is 2.45. The zero-order valence-electron chi connectivity index (χ0n) is 11.6. The average Bonchev–Trinajstić information content (AvgIpc) is 2.38. The Morgan fingerprint density at radius 2 is 2.18 bits per heavy atom. The van der Waals surface area contributed by atoms with Crippen molar-refractivity contribution in [2.75, 3.05) is 24.3 Å². The van der Waals surface area contributed by atoms with Crippen LogP contribution in [-0.2, 0) is 0 Å². The smallest absolute Gasteiger partial charge is 0.156 e. The standard InChI is InChI=1S/C13H26N2S2/c1-5-13(6-2)9-14-12(17-10-13)15-11(3)7-8-16-4/h11H,5-10H2,1-4H3,(H,14,15). The Morgan fingerprint density at radius 1 is 1.47 bits per heavy atom. The fourth-order valence-corrected chi connectivity index (χ4v) is 3.87. The van der Waals surface area contributed by atoms with Crippen LogP contribution >= 0.6 is 23.5 Å². The molecule has 0 spiro atoms. The van der Waals surface area contributed by atoms with Crippen molar-refractivity contribution in [2.24, 2.45) is 10.4 Å². The SMILES string of the molecule is CCC1(CC)CN=C(NC(C)CCSC)SC1. The van der Waals surface area contributed by atoms with E-state index in [-0.39, 0.29) is 0 Å². The summed E-state index contributed by atoms with van der Waals surface area (Å²) < 4.78 is 0. The molecule has 1 unspecified atom stereocenters. The second-order valence-corrected chi connectivity index (χ2v) is 6.89. The van der Waals surface area contributed by atoms with Gasteiger partial charge in [0.1, 0.15) is 0 Å². The molecule has 0 radical (unpaired) electrons. The second kappa shape index (κ2) is 7.57. The molecule has 0 fully saturated rings. The quantitative estimate of drug-likeness (QED) is 0.800. The fraction of sp³-hybridized carbons (Fsp3) is 0.923. The van der Waals surface area contributed by atoms with E-state index in [4.69, 9.17) is 4.99 Å². The largest absolute Gasteiger partial charge is 0.362 e. The molecular formula is C13H26N2S2. The molecule has 1 N–H and O–H groups in total. The number of nitrogens with zero attached hydrogens (tertiary/aromatic N) is 1. The van der Waals surface area contributed by atoms with E-state index in [0.717, 1.165) is 11.7 Å². The van der Waals surface area contributed by atoms with Crippen molar-refractivity contribution in [1.82, 2.24) is 5.32 Å². The highest BCUT2D eigenvalue weighted by Crippen LogP contribution is 2.34. The maximum Gasteiger partial charge on any atom is 0.156 e. The van der Waals surface area contributed by atoms with Crippen LogP contribution in [0.15, 0.2) is 4.99 Å². The third-order valence-electron chi connectivity index (χ3n) is 3.70. The topological polar surface area (TPSA) is 24.4 Å². The molecule has 0 aromatic rings. The predicted octanol–water partition coefficient (Wildman–Crippen LogP) is 3.63. The van der Waals surface area contributed by atoms with E-state index < -0.39 is 0 Å². The normalized spacial score (nSPS) is 20.8.